The molecule has 0 spiro atoms. The fourth-order valence-corrected chi connectivity index (χ4v) is 6.80. The molecule has 8 unspecified atom stereocenters. The minimum Gasteiger partial charge on any atom is -0.460 e. The lowest BCUT2D eigenvalue weighted by Gasteiger charge is -2.43. The maximum Gasteiger partial charge on any atom is 0.312 e. The maximum absolute atomic E-state index is 12.9. The molecule has 3 fully saturated rings. The molecule has 0 saturated heterocycles. The Morgan fingerprint density at radius 3 is 2.25 bits per heavy atom. The molecule has 0 aliphatic heterocycles. The molecule has 0 aromatic carbocycles. The largest absolute Gasteiger partial charge is 0.460 e. The van der Waals surface area contributed by atoms with Crippen molar-refractivity contribution < 1.29 is 14.6 Å². The van der Waals surface area contributed by atoms with Crippen LogP contribution in [0.25, 0.3) is 0 Å². The molecule has 0 aromatic heterocycles. The third-order valence-corrected chi connectivity index (χ3v) is 7.17. The molecule has 24 heavy (non-hydrogen) atoms. The van der Waals surface area contributed by atoms with Crippen molar-refractivity contribution in [3.8, 4) is 0 Å². The van der Waals surface area contributed by atoms with E-state index in [-0.39, 0.29) is 11.9 Å². The smallest absolute Gasteiger partial charge is 0.312 e. The highest BCUT2D eigenvalue weighted by Crippen LogP contribution is 2.68. The van der Waals surface area contributed by atoms with E-state index < -0.39 is 17.1 Å². The van der Waals surface area contributed by atoms with E-state index in [2.05, 4.69) is 12.2 Å². The molecular weight excluding hydrogens is 300 g/mol. The second-order valence-corrected chi connectivity index (χ2v) is 10.3. The number of hydrogen-bond acceptors (Lipinski definition) is 3. The van der Waals surface area contributed by atoms with Crippen LogP contribution in [0.2, 0.25) is 0 Å². The SMILES string of the molecule is CC(C)(C)OC(=O)C(C1CC2CC1C1C3C=CC(C3)C21)C(C)(C)O. The minimum absolute atomic E-state index is 0.206. The summed E-state index contributed by atoms with van der Waals surface area (Å²) in [5.74, 6) is 4.11. The third kappa shape index (κ3) is 2.46. The highest BCUT2D eigenvalue weighted by atomic mass is 16.6. The summed E-state index contributed by atoms with van der Waals surface area (Å²) in [6, 6.07) is 0. The Labute approximate surface area is 145 Å². The number of aliphatic hydroxyl groups is 1. The van der Waals surface area contributed by atoms with Crippen LogP contribution in [-0.4, -0.2) is 22.3 Å². The van der Waals surface area contributed by atoms with Crippen LogP contribution in [0.5, 0.6) is 0 Å². The van der Waals surface area contributed by atoms with Gasteiger partial charge in [-0.1, -0.05) is 12.2 Å². The molecule has 0 amide bonds. The van der Waals surface area contributed by atoms with Crippen LogP contribution in [0.3, 0.4) is 0 Å². The third-order valence-electron chi connectivity index (χ3n) is 7.17. The zero-order chi connectivity index (χ0) is 17.4. The van der Waals surface area contributed by atoms with E-state index in [4.69, 9.17) is 4.74 Å². The number of allylic oxidation sites excluding steroid dienone is 2. The van der Waals surface area contributed by atoms with E-state index in [0.29, 0.717) is 5.92 Å². The van der Waals surface area contributed by atoms with Gasteiger partial charge in [0.15, 0.2) is 0 Å². The molecule has 0 heterocycles. The summed E-state index contributed by atoms with van der Waals surface area (Å²) in [7, 11) is 0. The molecule has 4 bridgehead atoms. The number of hydrogen-bond donors (Lipinski definition) is 1. The Hall–Kier alpha value is -0.830. The monoisotopic (exact) mass is 332 g/mol. The summed E-state index contributed by atoms with van der Waals surface area (Å²) in [5.41, 5.74) is -1.53. The van der Waals surface area contributed by atoms with Gasteiger partial charge in [0.05, 0.1) is 11.5 Å². The molecule has 1 N–H and O–H groups in total. The van der Waals surface area contributed by atoms with Crippen LogP contribution in [0.1, 0.15) is 53.9 Å². The predicted molar refractivity (Wildman–Crippen MR) is 93.1 cm³/mol. The van der Waals surface area contributed by atoms with Crippen molar-refractivity contribution in [2.75, 3.05) is 0 Å². The molecule has 3 nitrogen and oxygen atoms in total. The predicted octanol–water partition coefficient (Wildman–Crippen LogP) is 3.81. The number of fused-ring (bicyclic) bond motifs is 9. The normalized spacial score (nSPS) is 44.0. The number of carbonyl (C=O) groups excluding carboxylic acids is 1. The van der Waals surface area contributed by atoms with Crippen molar-refractivity contribution in [1.82, 2.24) is 0 Å². The second-order valence-electron chi connectivity index (χ2n) is 10.3. The highest BCUT2D eigenvalue weighted by Gasteiger charge is 2.63. The Bertz CT molecular complexity index is 565. The molecule has 0 radical (unpaired) electrons. The van der Waals surface area contributed by atoms with Crippen LogP contribution in [0.15, 0.2) is 12.2 Å². The standard InChI is InChI=1S/C21H32O3/c1-20(2,3)24-19(22)18(21(4,5)23)15-10-13-9-14(15)17-12-7-6-11(8-12)16(13)17/h6-7,11-18,23H,8-10H2,1-5H3. The van der Waals surface area contributed by atoms with E-state index in [1.165, 1.54) is 12.8 Å². The van der Waals surface area contributed by atoms with Crippen molar-refractivity contribution in [1.29, 1.82) is 0 Å². The first-order chi connectivity index (χ1) is 11.1. The number of carbonyl (C=O) groups is 1. The van der Waals surface area contributed by atoms with Gasteiger partial charge >= 0.3 is 5.97 Å². The van der Waals surface area contributed by atoms with Crippen molar-refractivity contribution in [2.24, 2.45) is 47.3 Å². The van der Waals surface area contributed by atoms with Crippen LogP contribution < -0.4 is 0 Å². The first-order valence-corrected chi connectivity index (χ1v) is 9.70. The van der Waals surface area contributed by atoms with Crippen LogP contribution >= 0.6 is 0 Å². The lowest BCUT2D eigenvalue weighted by molar-refractivity contribution is -0.174. The summed E-state index contributed by atoms with van der Waals surface area (Å²) in [4.78, 5) is 12.9. The van der Waals surface area contributed by atoms with E-state index in [9.17, 15) is 9.90 Å². The molecule has 134 valence electrons. The van der Waals surface area contributed by atoms with Crippen molar-refractivity contribution in [2.45, 2.75) is 65.1 Å². The zero-order valence-corrected chi connectivity index (χ0v) is 15.7. The molecule has 4 aliphatic carbocycles. The zero-order valence-electron chi connectivity index (χ0n) is 15.7. The minimum atomic E-state index is -1.03. The fourth-order valence-electron chi connectivity index (χ4n) is 6.80. The van der Waals surface area contributed by atoms with Gasteiger partial charge in [-0.2, -0.15) is 0 Å². The maximum atomic E-state index is 12.9. The quantitative estimate of drug-likeness (QED) is 0.486. The number of rotatable bonds is 3. The molecular formula is C21H32O3. The van der Waals surface area contributed by atoms with E-state index in [1.807, 2.05) is 20.8 Å². The van der Waals surface area contributed by atoms with Gasteiger partial charge in [0.2, 0.25) is 0 Å². The van der Waals surface area contributed by atoms with Gasteiger partial charge in [-0.05, 0) is 95.3 Å². The summed E-state index contributed by atoms with van der Waals surface area (Å²) >= 11 is 0. The lowest BCUT2D eigenvalue weighted by Crippen LogP contribution is -2.48. The van der Waals surface area contributed by atoms with E-state index >= 15 is 0 Å². The molecule has 3 heteroatoms. The van der Waals surface area contributed by atoms with E-state index in [1.54, 1.807) is 13.8 Å². The average molecular weight is 332 g/mol. The van der Waals surface area contributed by atoms with Gasteiger partial charge < -0.3 is 9.84 Å². The summed E-state index contributed by atoms with van der Waals surface area (Å²) in [5, 5.41) is 10.8. The van der Waals surface area contributed by atoms with Crippen LogP contribution in [0, 0.1) is 47.3 Å². The Morgan fingerprint density at radius 1 is 1.04 bits per heavy atom. The Morgan fingerprint density at radius 2 is 1.67 bits per heavy atom. The van der Waals surface area contributed by atoms with Gasteiger partial charge in [-0.15, -0.1) is 0 Å². The average Bonchev–Trinajstić information content (AvgIpc) is 3.13. The number of ether oxygens (including phenoxy) is 1. The summed E-state index contributed by atoms with van der Waals surface area (Å²) in [6.45, 7) is 9.29. The van der Waals surface area contributed by atoms with Gasteiger partial charge in [-0.25, -0.2) is 0 Å². The van der Waals surface area contributed by atoms with Crippen LogP contribution in [0.4, 0.5) is 0 Å². The van der Waals surface area contributed by atoms with Gasteiger partial charge in [0.1, 0.15) is 5.60 Å². The van der Waals surface area contributed by atoms with Crippen LogP contribution in [-0.2, 0) is 9.53 Å². The molecule has 8 atom stereocenters. The summed E-state index contributed by atoms with van der Waals surface area (Å²) in [6.07, 6.45) is 8.55. The molecule has 0 aromatic rings. The molecule has 3 saturated carbocycles. The van der Waals surface area contributed by atoms with Gasteiger partial charge in [-0.3, -0.25) is 4.79 Å². The fraction of sp³-hybridized carbons (Fsp3) is 0.857. The highest BCUT2D eigenvalue weighted by molar-refractivity contribution is 5.74. The molecule has 4 aliphatic rings. The topological polar surface area (TPSA) is 46.5 Å². The molecule has 4 rings (SSSR count). The van der Waals surface area contributed by atoms with Gasteiger partial charge in [0.25, 0.3) is 0 Å². The number of esters is 1. The lowest BCUT2D eigenvalue weighted by atomic mass is 9.63. The Balaban J connectivity index is 1.59. The second kappa shape index (κ2) is 5.09. The van der Waals surface area contributed by atoms with Gasteiger partial charge in [0, 0.05) is 0 Å². The summed E-state index contributed by atoms with van der Waals surface area (Å²) < 4.78 is 5.71. The first kappa shape index (κ1) is 16.6. The van der Waals surface area contributed by atoms with Crippen molar-refractivity contribution >= 4 is 5.97 Å². The van der Waals surface area contributed by atoms with Crippen molar-refractivity contribution in [3.63, 3.8) is 0 Å². The van der Waals surface area contributed by atoms with Crippen molar-refractivity contribution in [3.05, 3.63) is 12.2 Å². The Kier molecular flexibility index (Phi) is 3.53. The first-order valence-electron chi connectivity index (χ1n) is 9.70. The van der Waals surface area contributed by atoms with E-state index in [0.717, 1.165) is 36.0 Å².